The van der Waals surface area contributed by atoms with Crippen LogP contribution in [0.4, 0.5) is 0 Å². The minimum atomic E-state index is -0.294. The molecule has 3 heterocycles. The summed E-state index contributed by atoms with van der Waals surface area (Å²) in [7, 11) is 0. The summed E-state index contributed by atoms with van der Waals surface area (Å²) < 4.78 is 3.25. The van der Waals surface area contributed by atoms with Crippen LogP contribution in [-0.4, -0.2) is 29.6 Å². The second kappa shape index (κ2) is 8.96. The third-order valence-electron chi connectivity index (χ3n) is 6.13. The summed E-state index contributed by atoms with van der Waals surface area (Å²) in [6.45, 7) is 0. The highest BCUT2D eigenvalue weighted by Gasteiger charge is 2.20. The van der Waals surface area contributed by atoms with Crippen molar-refractivity contribution in [3.05, 3.63) is 130 Å². The Labute approximate surface area is 211 Å². The Kier molecular flexibility index (Phi) is 5.48. The van der Waals surface area contributed by atoms with E-state index in [2.05, 4.69) is 5.10 Å². The zero-order valence-electron chi connectivity index (χ0n) is 18.9. The lowest BCUT2D eigenvalue weighted by Gasteiger charge is -2.24. The molecular weight excluding hydrogens is 474 g/mol. The lowest BCUT2D eigenvalue weighted by atomic mass is 10.0. The molecule has 0 amide bonds. The van der Waals surface area contributed by atoms with Gasteiger partial charge in [-0.3, -0.25) is 19.6 Å². The first kappa shape index (κ1) is 22.0. The quantitative estimate of drug-likeness (QED) is 0.347. The number of aromatic nitrogens is 4. The van der Waals surface area contributed by atoms with Crippen molar-refractivity contribution in [1.82, 2.24) is 24.4 Å². The summed E-state index contributed by atoms with van der Waals surface area (Å²) in [5.41, 5.74) is 3.34. The first-order valence-corrected chi connectivity index (χ1v) is 11.7. The van der Waals surface area contributed by atoms with Crippen molar-refractivity contribution < 1.29 is 5.21 Å². The van der Waals surface area contributed by atoms with Gasteiger partial charge in [0, 0.05) is 16.8 Å². The maximum atomic E-state index is 13.8. The Morgan fingerprint density at radius 3 is 2.33 bits per heavy atom. The highest BCUT2D eigenvalue weighted by molar-refractivity contribution is 6.30. The maximum absolute atomic E-state index is 13.8. The largest absolute Gasteiger partial charge is 0.288 e. The van der Waals surface area contributed by atoms with E-state index in [0.717, 1.165) is 21.9 Å². The fourth-order valence-corrected chi connectivity index (χ4v) is 4.46. The van der Waals surface area contributed by atoms with Crippen molar-refractivity contribution in [2.24, 2.45) is 0 Å². The first-order chi connectivity index (χ1) is 17.6. The fourth-order valence-electron chi connectivity index (χ4n) is 4.33. The van der Waals surface area contributed by atoms with Crippen LogP contribution in [-0.2, 0) is 0 Å². The molecule has 0 radical (unpaired) electrons. The van der Waals surface area contributed by atoms with Crippen LogP contribution in [0.1, 0.15) is 11.6 Å². The molecule has 1 unspecified atom stereocenters. The highest BCUT2D eigenvalue weighted by Crippen LogP contribution is 2.28. The van der Waals surface area contributed by atoms with Crippen molar-refractivity contribution in [1.29, 1.82) is 0 Å². The predicted molar refractivity (Wildman–Crippen MR) is 140 cm³/mol. The van der Waals surface area contributed by atoms with E-state index in [0.29, 0.717) is 27.6 Å². The Bertz CT molecular complexity index is 1670. The monoisotopic (exact) mass is 493 g/mol. The molecular formula is C28H20ClN5O2. The molecule has 36 heavy (non-hydrogen) atoms. The van der Waals surface area contributed by atoms with E-state index in [-0.39, 0.29) is 11.6 Å². The van der Waals surface area contributed by atoms with Crippen LogP contribution in [0.3, 0.4) is 0 Å². The predicted octanol–water partition coefficient (Wildman–Crippen LogP) is 5.71. The topological polar surface area (TPSA) is 76.2 Å². The number of para-hydroxylation sites is 1. The van der Waals surface area contributed by atoms with E-state index in [1.165, 1.54) is 0 Å². The number of fused-ring (bicyclic) bond motifs is 1. The number of hydrogen-bond donors (Lipinski definition) is 1. The molecule has 1 aliphatic rings. The lowest BCUT2D eigenvalue weighted by Crippen LogP contribution is -2.22. The minimum Gasteiger partial charge on any atom is -0.288 e. The van der Waals surface area contributed by atoms with Gasteiger partial charge in [0.15, 0.2) is 5.65 Å². The van der Waals surface area contributed by atoms with Crippen LogP contribution in [0.15, 0.2) is 114 Å². The summed E-state index contributed by atoms with van der Waals surface area (Å²) >= 11 is 6.11. The average molecular weight is 494 g/mol. The van der Waals surface area contributed by atoms with Gasteiger partial charge in [-0.1, -0.05) is 66.2 Å². The van der Waals surface area contributed by atoms with Gasteiger partial charge in [-0.15, -0.1) is 0 Å². The molecule has 0 spiro atoms. The normalized spacial score (nSPS) is 15.1. The summed E-state index contributed by atoms with van der Waals surface area (Å²) in [6.07, 6.45) is 8.72. The molecule has 6 rings (SSSR count). The standard InChI is InChI=1S/C28H20ClN5O2/c29-21-13-15-22(16-14-21)33-26(20-11-9-19(10-12-20)25-8-4-5-17-32(25)36)31-27-24(28(33)35)18-30-34(27)23-6-2-1-3-7-23/h1-18,25,36H. The van der Waals surface area contributed by atoms with Crippen molar-refractivity contribution >= 4 is 22.6 Å². The molecule has 0 saturated carbocycles. The van der Waals surface area contributed by atoms with E-state index in [1.807, 2.05) is 66.7 Å². The molecule has 8 heteroatoms. The molecule has 1 atom stereocenters. The summed E-state index contributed by atoms with van der Waals surface area (Å²) in [5.74, 6) is 0.471. The molecule has 2 aromatic heterocycles. The van der Waals surface area contributed by atoms with Gasteiger partial charge >= 0.3 is 0 Å². The minimum absolute atomic E-state index is 0.231. The third kappa shape index (κ3) is 3.80. The molecule has 1 N–H and O–H groups in total. The molecule has 176 valence electrons. The van der Waals surface area contributed by atoms with Crippen molar-refractivity contribution in [2.45, 2.75) is 6.04 Å². The molecule has 1 aliphatic heterocycles. The molecule has 3 aromatic carbocycles. The van der Waals surface area contributed by atoms with Crippen LogP contribution >= 0.6 is 11.6 Å². The highest BCUT2D eigenvalue weighted by atomic mass is 35.5. The number of benzene rings is 3. The van der Waals surface area contributed by atoms with Crippen LogP contribution in [0.2, 0.25) is 5.02 Å². The summed E-state index contributed by atoms with van der Waals surface area (Å²) in [6, 6.07) is 24.0. The van der Waals surface area contributed by atoms with Gasteiger partial charge in [-0.05, 0) is 48.0 Å². The zero-order chi connectivity index (χ0) is 24.6. The van der Waals surface area contributed by atoms with Crippen LogP contribution in [0.5, 0.6) is 0 Å². The Balaban J connectivity index is 1.55. The van der Waals surface area contributed by atoms with Crippen molar-refractivity contribution in [2.75, 3.05) is 0 Å². The van der Waals surface area contributed by atoms with Gasteiger partial charge in [0.1, 0.15) is 11.2 Å². The lowest BCUT2D eigenvalue weighted by molar-refractivity contribution is -0.0670. The molecule has 0 bridgehead atoms. The fraction of sp³-hybridized carbons (Fsp3) is 0.0357. The summed E-state index contributed by atoms with van der Waals surface area (Å²) in [4.78, 5) is 18.7. The van der Waals surface area contributed by atoms with Gasteiger partial charge in [0.25, 0.3) is 5.56 Å². The van der Waals surface area contributed by atoms with Gasteiger partial charge in [-0.25, -0.2) is 9.67 Å². The van der Waals surface area contributed by atoms with Crippen molar-refractivity contribution in [3.63, 3.8) is 0 Å². The van der Waals surface area contributed by atoms with E-state index < -0.39 is 0 Å². The Morgan fingerprint density at radius 2 is 1.61 bits per heavy atom. The van der Waals surface area contributed by atoms with E-state index in [4.69, 9.17) is 16.6 Å². The van der Waals surface area contributed by atoms with Gasteiger partial charge in [0.2, 0.25) is 0 Å². The Morgan fingerprint density at radius 1 is 0.861 bits per heavy atom. The van der Waals surface area contributed by atoms with Crippen LogP contribution in [0, 0.1) is 0 Å². The van der Waals surface area contributed by atoms with E-state index in [9.17, 15) is 10.0 Å². The van der Waals surface area contributed by atoms with Gasteiger partial charge in [-0.2, -0.15) is 5.10 Å². The SMILES string of the molecule is O=c1c2cnn(-c3ccccc3)c2nc(-c2ccc(C3C=CC=CN3O)cc2)n1-c1ccc(Cl)cc1. The third-order valence-corrected chi connectivity index (χ3v) is 6.38. The second-order valence-electron chi connectivity index (χ2n) is 8.35. The van der Waals surface area contributed by atoms with Crippen LogP contribution in [0.25, 0.3) is 33.8 Å². The van der Waals surface area contributed by atoms with Gasteiger partial charge in [0.05, 0.1) is 23.6 Å². The number of hydroxylamine groups is 2. The second-order valence-corrected chi connectivity index (χ2v) is 8.79. The smallest absolute Gasteiger partial charge is 0.269 e. The van der Waals surface area contributed by atoms with Gasteiger partial charge < -0.3 is 0 Å². The number of rotatable bonds is 4. The van der Waals surface area contributed by atoms with Crippen molar-refractivity contribution in [3.8, 4) is 22.8 Å². The maximum Gasteiger partial charge on any atom is 0.269 e. The first-order valence-electron chi connectivity index (χ1n) is 11.3. The molecule has 0 aliphatic carbocycles. The Hall–Kier alpha value is -4.46. The molecule has 0 fully saturated rings. The number of halogens is 1. The average Bonchev–Trinajstić information content (AvgIpc) is 3.35. The summed E-state index contributed by atoms with van der Waals surface area (Å²) in [5, 5.41) is 16.8. The number of nitrogens with zero attached hydrogens (tertiary/aromatic N) is 5. The zero-order valence-corrected chi connectivity index (χ0v) is 19.7. The molecule has 7 nitrogen and oxygen atoms in total. The number of allylic oxidation sites excluding steroid dienone is 2. The molecule has 0 saturated heterocycles. The van der Waals surface area contributed by atoms with E-state index >= 15 is 0 Å². The molecule has 5 aromatic rings. The number of hydrogen-bond acceptors (Lipinski definition) is 5. The van der Waals surface area contributed by atoms with E-state index in [1.54, 1.807) is 52.0 Å². The van der Waals surface area contributed by atoms with Crippen LogP contribution < -0.4 is 5.56 Å².